The second-order valence-electron chi connectivity index (χ2n) is 6.98. The van der Waals surface area contributed by atoms with E-state index in [1.54, 1.807) is 24.3 Å². The number of esters is 1. The van der Waals surface area contributed by atoms with Crippen molar-refractivity contribution in [3.63, 3.8) is 0 Å². The number of nitrogens with one attached hydrogen (secondary N) is 1. The maximum absolute atomic E-state index is 11.9. The van der Waals surface area contributed by atoms with Crippen LogP contribution in [-0.2, 0) is 14.3 Å². The predicted octanol–water partition coefficient (Wildman–Crippen LogP) is 3.20. The van der Waals surface area contributed by atoms with Gasteiger partial charge in [-0.15, -0.1) is 0 Å². The third-order valence-corrected chi connectivity index (χ3v) is 5.23. The van der Waals surface area contributed by atoms with E-state index in [0.717, 1.165) is 12.3 Å². The summed E-state index contributed by atoms with van der Waals surface area (Å²) in [7, 11) is 0. The lowest BCUT2D eigenvalue weighted by molar-refractivity contribution is -0.148. The number of anilines is 1. The molecule has 0 heterocycles. The van der Waals surface area contributed by atoms with Crippen molar-refractivity contribution in [2.75, 3.05) is 11.9 Å². The number of fused-ring (bicyclic) bond motifs is 2. The van der Waals surface area contributed by atoms with E-state index in [-0.39, 0.29) is 18.4 Å². The molecule has 2 aliphatic rings. The quantitative estimate of drug-likeness (QED) is 0.642. The minimum absolute atomic E-state index is 0.0663. The van der Waals surface area contributed by atoms with E-state index in [4.69, 9.17) is 4.74 Å². The fourth-order valence-corrected chi connectivity index (χ4v) is 4.06. The standard InChI is InChI=1S/C19H23NO4/c1-12(21)14-3-2-4-17(9-14)20-18(22)11-24-19(23)10-16-8-13-5-6-15(16)7-13/h2-4,9,13,15-16H,5-8,10-11H2,1H3,(H,20,22)/t13-,15-,16+/m0/s1. The van der Waals surface area contributed by atoms with E-state index in [0.29, 0.717) is 29.5 Å². The van der Waals surface area contributed by atoms with Crippen molar-refractivity contribution >= 4 is 23.3 Å². The van der Waals surface area contributed by atoms with Crippen molar-refractivity contribution in [2.45, 2.75) is 39.0 Å². The van der Waals surface area contributed by atoms with Crippen molar-refractivity contribution < 1.29 is 19.1 Å². The fraction of sp³-hybridized carbons (Fsp3) is 0.526. The number of hydrogen-bond acceptors (Lipinski definition) is 4. The van der Waals surface area contributed by atoms with E-state index in [1.165, 1.54) is 26.2 Å². The number of rotatable bonds is 6. The summed E-state index contributed by atoms with van der Waals surface area (Å²) in [6.45, 7) is 1.18. The highest BCUT2D eigenvalue weighted by Gasteiger charge is 2.40. The highest BCUT2D eigenvalue weighted by molar-refractivity contribution is 5.97. The first kappa shape index (κ1) is 16.7. The Morgan fingerprint density at radius 2 is 2.04 bits per heavy atom. The highest BCUT2D eigenvalue weighted by atomic mass is 16.5. The summed E-state index contributed by atoms with van der Waals surface area (Å²) in [4.78, 5) is 35.2. The molecule has 3 atom stereocenters. The second kappa shape index (κ2) is 7.16. The minimum Gasteiger partial charge on any atom is -0.456 e. The SMILES string of the molecule is CC(=O)c1cccc(NC(=O)COC(=O)C[C@H]2C[C@H]3CC[C@H]2C3)c1. The van der Waals surface area contributed by atoms with Crippen LogP contribution in [-0.4, -0.2) is 24.3 Å². The molecule has 1 N–H and O–H groups in total. The maximum Gasteiger partial charge on any atom is 0.306 e. The molecular weight excluding hydrogens is 306 g/mol. The Labute approximate surface area is 141 Å². The summed E-state index contributed by atoms with van der Waals surface area (Å²) in [6, 6.07) is 6.69. The number of Topliss-reactive ketones (excluding diaryl/α,β-unsaturated/α-hetero) is 1. The average molecular weight is 329 g/mol. The lowest BCUT2D eigenvalue weighted by Crippen LogP contribution is -2.23. The lowest BCUT2D eigenvalue weighted by atomic mass is 9.86. The molecule has 0 radical (unpaired) electrons. The molecule has 24 heavy (non-hydrogen) atoms. The predicted molar refractivity (Wildman–Crippen MR) is 89.6 cm³/mol. The number of carbonyl (C=O) groups is 3. The van der Waals surface area contributed by atoms with Crippen molar-refractivity contribution in [1.29, 1.82) is 0 Å². The normalized spacial score (nSPS) is 24.6. The van der Waals surface area contributed by atoms with Crippen molar-refractivity contribution in [2.24, 2.45) is 17.8 Å². The first-order chi connectivity index (χ1) is 11.5. The van der Waals surface area contributed by atoms with Gasteiger partial charge in [-0.3, -0.25) is 14.4 Å². The van der Waals surface area contributed by atoms with Crippen LogP contribution < -0.4 is 5.32 Å². The largest absolute Gasteiger partial charge is 0.456 e. The van der Waals surface area contributed by atoms with Gasteiger partial charge in [0.15, 0.2) is 12.4 Å². The number of amides is 1. The Bertz CT molecular complexity index is 655. The van der Waals surface area contributed by atoms with Crippen molar-refractivity contribution in [1.82, 2.24) is 0 Å². The third-order valence-electron chi connectivity index (χ3n) is 5.23. The number of ketones is 1. The molecule has 0 saturated heterocycles. The molecule has 1 aromatic rings. The van der Waals surface area contributed by atoms with Gasteiger partial charge in [0.2, 0.25) is 0 Å². The van der Waals surface area contributed by atoms with Crippen LogP contribution in [0.2, 0.25) is 0 Å². The molecule has 0 unspecified atom stereocenters. The molecule has 0 spiro atoms. The number of hydrogen-bond donors (Lipinski definition) is 1. The molecule has 128 valence electrons. The number of ether oxygens (including phenoxy) is 1. The second-order valence-corrected chi connectivity index (χ2v) is 6.98. The van der Waals surface area contributed by atoms with Gasteiger partial charge in [-0.2, -0.15) is 0 Å². The highest BCUT2D eigenvalue weighted by Crippen LogP contribution is 2.49. The van der Waals surface area contributed by atoms with Gasteiger partial charge < -0.3 is 10.1 Å². The molecule has 5 nitrogen and oxygen atoms in total. The number of carbonyl (C=O) groups excluding carboxylic acids is 3. The molecule has 1 aromatic carbocycles. The first-order valence-electron chi connectivity index (χ1n) is 8.57. The van der Waals surface area contributed by atoms with Crippen molar-refractivity contribution in [3.05, 3.63) is 29.8 Å². The summed E-state index contributed by atoms with van der Waals surface area (Å²) < 4.78 is 5.11. The van der Waals surface area contributed by atoms with E-state index in [9.17, 15) is 14.4 Å². The van der Waals surface area contributed by atoms with Crippen LogP contribution in [0.25, 0.3) is 0 Å². The van der Waals surface area contributed by atoms with Crippen LogP contribution in [0, 0.1) is 17.8 Å². The van der Waals surface area contributed by atoms with Gasteiger partial charge in [-0.1, -0.05) is 18.6 Å². The van der Waals surface area contributed by atoms with Gasteiger partial charge in [0.05, 0.1) is 0 Å². The molecule has 3 rings (SSSR count). The molecule has 5 heteroatoms. The van der Waals surface area contributed by atoms with E-state index in [2.05, 4.69) is 5.32 Å². The zero-order valence-corrected chi connectivity index (χ0v) is 13.9. The van der Waals surface area contributed by atoms with Gasteiger partial charge in [0.25, 0.3) is 5.91 Å². The Kier molecular flexibility index (Phi) is 4.97. The van der Waals surface area contributed by atoms with E-state index in [1.807, 2.05) is 0 Å². The maximum atomic E-state index is 11.9. The lowest BCUT2D eigenvalue weighted by Gasteiger charge is -2.20. The van der Waals surface area contributed by atoms with Gasteiger partial charge >= 0.3 is 5.97 Å². The Hall–Kier alpha value is -2.17. The first-order valence-corrected chi connectivity index (χ1v) is 8.57. The fourth-order valence-electron chi connectivity index (χ4n) is 4.06. The molecule has 2 bridgehead atoms. The number of benzene rings is 1. The molecule has 0 aromatic heterocycles. The molecule has 2 fully saturated rings. The molecular formula is C19H23NO4. The smallest absolute Gasteiger partial charge is 0.306 e. The zero-order chi connectivity index (χ0) is 17.1. The van der Waals surface area contributed by atoms with Gasteiger partial charge in [0.1, 0.15) is 0 Å². The van der Waals surface area contributed by atoms with Crippen molar-refractivity contribution in [3.8, 4) is 0 Å². The molecule has 1 amide bonds. The Balaban J connectivity index is 1.43. The van der Waals surface area contributed by atoms with Crippen LogP contribution in [0.15, 0.2) is 24.3 Å². The summed E-state index contributed by atoms with van der Waals surface area (Å²) in [5.41, 5.74) is 1.05. The molecule has 2 aliphatic carbocycles. The Morgan fingerprint density at radius 1 is 1.21 bits per heavy atom. The summed E-state index contributed by atoms with van der Waals surface area (Å²) >= 11 is 0. The summed E-state index contributed by atoms with van der Waals surface area (Å²) in [5.74, 6) is 1.16. The van der Waals surface area contributed by atoms with Gasteiger partial charge in [0, 0.05) is 17.7 Å². The van der Waals surface area contributed by atoms with E-state index < -0.39 is 5.91 Å². The summed E-state index contributed by atoms with van der Waals surface area (Å²) in [5, 5.41) is 2.64. The third kappa shape index (κ3) is 4.02. The average Bonchev–Trinajstić information content (AvgIpc) is 3.16. The minimum atomic E-state index is -0.392. The molecule has 0 aliphatic heterocycles. The van der Waals surface area contributed by atoms with Gasteiger partial charge in [-0.05, 0) is 56.1 Å². The monoisotopic (exact) mass is 329 g/mol. The van der Waals surface area contributed by atoms with Crippen LogP contribution in [0.4, 0.5) is 5.69 Å². The van der Waals surface area contributed by atoms with Gasteiger partial charge in [-0.25, -0.2) is 0 Å². The van der Waals surface area contributed by atoms with E-state index >= 15 is 0 Å². The van der Waals surface area contributed by atoms with Crippen LogP contribution in [0.1, 0.15) is 49.4 Å². The molecule has 2 saturated carbocycles. The Morgan fingerprint density at radius 3 is 2.71 bits per heavy atom. The van der Waals surface area contributed by atoms with Crippen LogP contribution >= 0.6 is 0 Å². The van der Waals surface area contributed by atoms with Crippen LogP contribution in [0.3, 0.4) is 0 Å². The topological polar surface area (TPSA) is 72.5 Å². The summed E-state index contributed by atoms with van der Waals surface area (Å²) in [6.07, 6.45) is 5.34. The zero-order valence-electron chi connectivity index (χ0n) is 13.9. The van der Waals surface area contributed by atoms with Crippen LogP contribution in [0.5, 0.6) is 0 Å².